The molecule has 3 rings (SSSR count). The first-order valence-electron chi connectivity index (χ1n) is 9.90. The summed E-state index contributed by atoms with van der Waals surface area (Å²) in [6, 6.07) is 7.79. The van der Waals surface area contributed by atoms with Crippen molar-refractivity contribution in [1.29, 1.82) is 0 Å². The Kier molecular flexibility index (Phi) is 6.66. The summed E-state index contributed by atoms with van der Waals surface area (Å²) in [7, 11) is 1.49. The highest BCUT2D eigenvalue weighted by Gasteiger charge is 2.35. The van der Waals surface area contributed by atoms with Gasteiger partial charge in [-0.1, -0.05) is 13.8 Å². The highest BCUT2D eigenvalue weighted by atomic mass is 16.5. The van der Waals surface area contributed by atoms with Gasteiger partial charge in [0.15, 0.2) is 0 Å². The Bertz CT molecular complexity index is 930. The first-order valence-corrected chi connectivity index (χ1v) is 9.90. The third kappa shape index (κ3) is 4.76. The number of nitrogens with one attached hydrogen (secondary N) is 2. The minimum Gasteiger partial charge on any atom is -0.494 e. The lowest BCUT2D eigenvalue weighted by Gasteiger charge is -2.30. The maximum absolute atomic E-state index is 12.9. The van der Waals surface area contributed by atoms with E-state index in [9.17, 15) is 14.4 Å². The van der Waals surface area contributed by atoms with Crippen LogP contribution >= 0.6 is 0 Å². The molecule has 1 fully saturated rings. The number of anilines is 2. The van der Waals surface area contributed by atoms with Crippen LogP contribution in [0.4, 0.5) is 11.4 Å². The van der Waals surface area contributed by atoms with Crippen LogP contribution in [0, 0.1) is 5.92 Å². The summed E-state index contributed by atoms with van der Waals surface area (Å²) in [4.78, 5) is 43.0. The number of hydrogen-bond acceptors (Lipinski definition) is 5. The Morgan fingerprint density at radius 3 is 2.60 bits per heavy atom. The third-order valence-electron chi connectivity index (χ3n) is 4.99. The molecule has 0 spiro atoms. The molecule has 2 aromatic rings. The number of likely N-dealkylation sites (tertiary alicyclic amines) is 1. The van der Waals surface area contributed by atoms with Crippen molar-refractivity contribution in [2.24, 2.45) is 5.92 Å². The summed E-state index contributed by atoms with van der Waals surface area (Å²) in [6.07, 6.45) is 4.32. The normalized spacial score (nSPS) is 14.5. The first kappa shape index (κ1) is 21.3. The summed E-state index contributed by atoms with van der Waals surface area (Å²) in [5.74, 6) is -0.162. The molecule has 2 heterocycles. The molecule has 1 aliphatic rings. The molecule has 1 aromatic heterocycles. The average Bonchev–Trinajstić information content (AvgIpc) is 3.14. The fraction of sp³-hybridized carbons (Fsp3) is 0.364. The van der Waals surface area contributed by atoms with Crippen molar-refractivity contribution in [1.82, 2.24) is 9.88 Å². The van der Waals surface area contributed by atoms with Gasteiger partial charge >= 0.3 is 0 Å². The Morgan fingerprint density at radius 1 is 1.20 bits per heavy atom. The molecule has 8 nitrogen and oxygen atoms in total. The standard InChI is InChI=1S/C22H26N4O4/c1-14(2)20(26-11-5-7-19(26)27)22(29)24-16-8-9-17(18(12-16)30-3)25-21(28)15-6-4-10-23-13-15/h4,6,8-10,12-14,20H,5,7,11H2,1-3H3,(H,24,29)(H,25,28). The molecule has 8 heteroatoms. The first-order chi connectivity index (χ1) is 14.4. The monoisotopic (exact) mass is 410 g/mol. The van der Waals surface area contributed by atoms with Crippen LogP contribution in [0.5, 0.6) is 5.75 Å². The number of aromatic nitrogens is 1. The number of benzene rings is 1. The van der Waals surface area contributed by atoms with Gasteiger partial charge < -0.3 is 20.3 Å². The van der Waals surface area contributed by atoms with Crippen LogP contribution in [0.3, 0.4) is 0 Å². The quantitative estimate of drug-likeness (QED) is 0.731. The fourth-order valence-corrected chi connectivity index (χ4v) is 3.55. The molecule has 2 N–H and O–H groups in total. The minimum absolute atomic E-state index is 0.00916. The molecular formula is C22H26N4O4. The Labute approximate surface area is 175 Å². The summed E-state index contributed by atoms with van der Waals surface area (Å²) >= 11 is 0. The number of hydrogen-bond donors (Lipinski definition) is 2. The summed E-state index contributed by atoms with van der Waals surface area (Å²) in [6.45, 7) is 4.44. The van der Waals surface area contributed by atoms with Crippen LogP contribution < -0.4 is 15.4 Å². The molecule has 30 heavy (non-hydrogen) atoms. The van der Waals surface area contributed by atoms with Crippen molar-refractivity contribution in [3.63, 3.8) is 0 Å². The molecule has 1 atom stereocenters. The van der Waals surface area contributed by atoms with Crippen LogP contribution in [0.1, 0.15) is 37.0 Å². The van der Waals surface area contributed by atoms with Crippen LogP contribution in [0.2, 0.25) is 0 Å². The molecule has 1 unspecified atom stereocenters. The van der Waals surface area contributed by atoms with Crippen LogP contribution in [0.25, 0.3) is 0 Å². The highest BCUT2D eigenvalue weighted by molar-refractivity contribution is 6.05. The van der Waals surface area contributed by atoms with E-state index >= 15 is 0 Å². The summed E-state index contributed by atoms with van der Waals surface area (Å²) in [5.41, 5.74) is 1.42. The van der Waals surface area contributed by atoms with Gasteiger partial charge in [0.05, 0.1) is 18.4 Å². The maximum Gasteiger partial charge on any atom is 0.257 e. The molecule has 1 aromatic carbocycles. The predicted octanol–water partition coefficient (Wildman–Crippen LogP) is 2.93. The molecule has 0 bridgehead atoms. The minimum atomic E-state index is -0.532. The third-order valence-corrected chi connectivity index (χ3v) is 4.99. The van der Waals surface area contributed by atoms with Crippen molar-refractivity contribution < 1.29 is 19.1 Å². The topological polar surface area (TPSA) is 101 Å². The number of methoxy groups -OCH3 is 1. The molecule has 158 valence electrons. The van der Waals surface area contributed by atoms with E-state index in [0.717, 1.165) is 6.42 Å². The van der Waals surface area contributed by atoms with E-state index < -0.39 is 6.04 Å². The fourth-order valence-electron chi connectivity index (χ4n) is 3.55. The number of rotatable bonds is 7. The van der Waals surface area contributed by atoms with E-state index in [1.807, 2.05) is 13.8 Å². The number of carbonyl (C=O) groups is 3. The zero-order valence-corrected chi connectivity index (χ0v) is 17.3. The average molecular weight is 410 g/mol. The summed E-state index contributed by atoms with van der Waals surface area (Å²) < 4.78 is 5.38. The number of amides is 3. The van der Waals surface area contributed by atoms with Gasteiger partial charge in [-0.15, -0.1) is 0 Å². The lowest BCUT2D eigenvalue weighted by Crippen LogP contribution is -2.47. The van der Waals surface area contributed by atoms with E-state index in [-0.39, 0.29) is 23.6 Å². The van der Waals surface area contributed by atoms with E-state index in [1.165, 1.54) is 13.3 Å². The van der Waals surface area contributed by atoms with Gasteiger partial charge in [0.1, 0.15) is 11.8 Å². The number of pyridine rings is 1. The van der Waals surface area contributed by atoms with Crippen molar-refractivity contribution in [2.75, 3.05) is 24.3 Å². The van der Waals surface area contributed by atoms with Gasteiger partial charge in [-0.25, -0.2) is 0 Å². The predicted molar refractivity (Wildman–Crippen MR) is 113 cm³/mol. The molecule has 1 saturated heterocycles. The van der Waals surface area contributed by atoms with Crippen LogP contribution in [-0.2, 0) is 9.59 Å². The SMILES string of the molecule is COc1cc(NC(=O)C(C(C)C)N2CCCC2=O)ccc1NC(=O)c1cccnc1. The van der Waals surface area contributed by atoms with Crippen molar-refractivity contribution in [3.8, 4) is 5.75 Å². The van der Waals surface area contributed by atoms with Gasteiger partial charge in [0.25, 0.3) is 5.91 Å². The number of ether oxygens (including phenoxy) is 1. The van der Waals surface area contributed by atoms with Crippen LogP contribution in [0.15, 0.2) is 42.7 Å². The van der Waals surface area contributed by atoms with Crippen molar-refractivity contribution in [2.45, 2.75) is 32.7 Å². The largest absolute Gasteiger partial charge is 0.494 e. The van der Waals surface area contributed by atoms with Crippen LogP contribution in [-0.4, -0.2) is 47.3 Å². The molecule has 3 amide bonds. The Morgan fingerprint density at radius 2 is 2.00 bits per heavy atom. The number of carbonyl (C=O) groups excluding carboxylic acids is 3. The van der Waals surface area contributed by atoms with E-state index in [1.54, 1.807) is 41.4 Å². The zero-order valence-electron chi connectivity index (χ0n) is 17.3. The van der Waals surface area contributed by atoms with E-state index in [2.05, 4.69) is 15.6 Å². The van der Waals surface area contributed by atoms with E-state index in [4.69, 9.17) is 4.74 Å². The van der Waals surface area contributed by atoms with Gasteiger partial charge in [-0.3, -0.25) is 19.4 Å². The molecule has 1 aliphatic heterocycles. The van der Waals surface area contributed by atoms with Crippen molar-refractivity contribution in [3.05, 3.63) is 48.3 Å². The second-order valence-corrected chi connectivity index (χ2v) is 7.48. The van der Waals surface area contributed by atoms with Gasteiger partial charge in [-0.2, -0.15) is 0 Å². The Balaban J connectivity index is 1.74. The lowest BCUT2D eigenvalue weighted by atomic mass is 10.0. The Hall–Kier alpha value is -3.42. The van der Waals surface area contributed by atoms with Crippen molar-refractivity contribution >= 4 is 29.1 Å². The highest BCUT2D eigenvalue weighted by Crippen LogP contribution is 2.29. The zero-order chi connectivity index (χ0) is 21.7. The maximum atomic E-state index is 12.9. The van der Waals surface area contributed by atoms with Gasteiger partial charge in [0, 0.05) is 37.1 Å². The summed E-state index contributed by atoms with van der Waals surface area (Å²) in [5, 5.41) is 5.65. The second-order valence-electron chi connectivity index (χ2n) is 7.48. The van der Waals surface area contributed by atoms with E-state index in [0.29, 0.717) is 35.7 Å². The molecule has 0 saturated carbocycles. The van der Waals surface area contributed by atoms with Gasteiger partial charge in [0.2, 0.25) is 11.8 Å². The molecule has 0 radical (unpaired) electrons. The second kappa shape index (κ2) is 9.39. The molecular weight excluding hydrogens is 384 g/mol. The lowest BCUT2D eigenvalue weighted by molar-refractivity contribution is -0.136. The smallest absolute Gasteiger partial charge is 0.257 e. The molecule has 0 aliphatic carbocycles. The van der Waals surface area contributed by atoms with Gasteiger partial charge in [-0.05, 0) is 36.6 Å². The number of nitrogens with zero attached hydrogens (tertiary/aromatic N) is 2.